The number of amides is 2. The predicted octanol–water partition coefficient (Wildman–Crippen LogP) is 8.68. The lowest BCUT2D eigenvalue weighted by atomic mass is 10.1. The molecule has 6 rings (SSSR count). The number of benzene rings is 3. The summed E-state index contributed by atoms with van der Waals surface area (Å²) >= 11 is 0. The molecule has 61 heavy (non-hydrogen) atoms. The molecule has 6 aromatic rings. The molecule has 0 spiro atoms. The van der Waals surface area contributed by atoms with E-state index < -0.39 is 5.97 Å². The quantitative estimate of drug-likeness (QED) is 0.172. The van der Waals surface area contributed by atoms with Crippen LogP contribution < -0.4 is 5.32 Å². The zero-order valence-corrected chi connectivity index (χ0v) is 35.1. The first-order valence-electron chi connectivity index (χ1n) is 19.1. The first kappa shape index (κ1) is 45.8. The van der Waals surface area contributed by atoms with Crippen LogP contribution in [0.1, 0.15) is 106 Å². The maximum atomic E-state index is 12.9. The highest BCUT2D eigenvalue weighted by atomic mass is 19.1. The molecule has 0 aliphatic heterocycles. The van der Waals surface area contributed by atoms with E-state index in [-0.39, 0.29) is 34.4 Å². The number of carboxylic acids is 1. The average Bonchev–Trinajstić information content (AvgIpc) is 3.24. The number of hydrogen-bond donors (Lipinski definition) is 2. The smallest absolute Gasteiger partial charge is 0.354 e. The van der Waals surface area contributed by atoms with Crippen molar-refractivity contribution in [1.29, 1.82) is 0 Å². The third-order valence-corrected chi connectivity index (χ3v) is 8.19. The van der Waals surface area contributed by atoms with Gasteiger partial charge >= 0.3 is 5.97 Å². The van der Waals surface area contributed by atoms with E-state index in [1.165, 1.54) is 24.4 Å². The summed E-state index contributed by atoms with van der Waals surface area (Å²) in [6.07, 6.45) is 4.63. The summed E-state index contributed by atoms with van der Waals surface area (Å²) < 4.78 is 12.9. The minimum Gasteiger partial charge on any atom is -0.477 e. The number of aromatic carboxylic acids is 1. The molecule has 306 valence electrons. The summed E-state index contributed by atoms with van der Waals surface area (Å²) in [5, 5.41) is 11.5. The van der Waals surface area contributed by atoms with Crippen LogP contribution in [-0.4, -0.2) is 60.9 Å². The van der Waals surface area contributed by atoms with E-state index in [1.54, 1.807) is 60.7 Å². The summed E-state index contributed by atoms with van der Waals surface area (Å²) in [7, 11) is 1.78. The largest absolute Gasteiger partial charge is 0.477 e. The summed E-state index contributed by atoms with van der Waals surface area (Å²) in [4.78, 5) is 48.6. The van der Waals surface area contributed by atoms with Crippen molar-refractivity contribution < 1.29 is 23.9 Å². The molecule has 9 nitrogen and oxygen atoms in total. The molecule has 2 N–H and O–H groups in total. The van der Waals surface area contributed by atoms with Gasteiger partial charge in [0.15, 0.2) is 0 Å². The van der Waals surface area contributed by atoms with Gasteiger partial charge in [-0.05, 0) is 120 Å². The molecular weight excluding hydrogens is 766 g/mol. The normalized spacial score (nSPS) is 10.2. The van der Waals surface area contributed by atoms with Gasteiger partial charge in [0, 0.05) is 70.1 Å². The minimum absolute atomic E-state index is 0.0358. The van der Waals surface area contributed by atoms with Gasteiger partial charge in [-0.15, -0.1) is 0 Å². The Morgan fingerprint density at radius 2 is 0.951 bits per heavy atom. The lowest BCUT2D eigenvalue weighted by Crippen LogP contribution is -2.42. The van der Waals surface area contributed by atoms with Gasteiger partial charge in [0.25, 0.3) is 11.8 Å². The van der Waals surface area contributed by atoms with E-state index in [4.69, 9.17) is 5.11 Å². The fourth-order valence-corrected chi connectivity index (χ4v) is 4.71. The van der Waals surface area contributed by atoms with Crippen LogP contribution in [0.15, 0.2) is 140 Å². The van der Waals surface area contributed by atoms with E-state index >= 15 is 0 Å². The standard InChI is InChI=1S/C19H20N2O.C18H18N2O.C14H8FNO2/c1-19(2,3)21(4)18(22)17-13-12-16(14-20-17)11-10-15-8-6-5-7-9-15;1-18(2,3)20-17(21)16-12-11-15(13-19-16)10-9-14-7-5-4-6-8-14;15-12-3-1-2-10(8-12)4-5-11-6-7-13(14(17)18)16-9-11/h5-9,12-14H,1-4H3;4-8,11-13H,1-3H3,(H,20,21);1-3,6-9H,(H,17,18). The van der Waals surface area contributed by atoms with Crippen molar-refractivity contribution in [3.63, 3.8) is 0 Å². The number of nitrogens with one attached hydrogen (secondary N) is 1. The fraction of sp³-hybridized carbons (Fsp3) is 0.176. The van der Waals surface area contributed by atoms with Crippen LogP contribution in [0.5, 0.6) is 0 Å². The predicted molar refractivity (Wildman–Crippen MR) is 236 cm³/mol. The molecule has 0 fully saturated rings. The zero-order chi connectivity index (χ0) is 44.4. The van der Waals surface area contributed by atoms with Crippen molar-refractivity contribution in [2.45, 2.75) is 52.6 Å². The van der Waals surface area contributed by atoms with Crippen LogP contribution in [-0.2, 0) is 0 Å². The number of pyridine rings is 3. The highest BCUT2D eigenvalue weighted by molar-refractivity contribution is 5.93. The van der Waals surface area contributed by atoms with E-state index in [9.17, 15) is 18.8 Å². The first-order valence-corrected chi connectivity index (χ1v) is 19.1. The summed E-state index contributed by atoms with van der Waals surface area (Å²) in [5.41, 5.74) is 4.90. The Balaban J connectivity index is 0.000000202. The second-order valence-electron chi connectivity index (χ2n) is 15.3. The number of nitrogens with zero attached hydrogens (tertiary/aromatic N) is 4. The number of carbonyl (C=O) groups is 3. The molecule has 0 aliphatic carbocycles. The van der Waals surface area contributed by atoms with Gasteiger partial charge in [-0.2, -0.15) is 0 Å². The van der Waals surface area contributed by atoms with Crippen molar-refractivity contribution in [3.8, 4) is 35.5 Å². The van der Waals surface area contributed by atoms with Crippen molar-refractivity contribution in [1.82, 2.24) is 25.2 Å². The van der Waals surface area contributed by atoms with Gasteiger partial charge in [-0.25, -0.2) is 24.1 Å². The third kappa shape index (κ3) is 16.1. The molecule has 2 amide bonds. The molecule has 0 bridgehead atoms. The molecule has 0 atom stereocenters. The summed E-state index contributed by atoms with van der Waals surface area (Å²) in [5.74, 6) is 16.1. The maximum absolute atomic E-state index is 12.9. The number of hydrogen-bond acceptors (Lipinski definition) is 6. The average molecular weight is 812 g/mol. The minimum atomic E-state index is -1.08. The van der Waals surface area contributed by atoms with Gasteiger partial charge in [0.05, 0.1) is 0 Å². The molecule has 0 saturated carbocycles. The summed E-state index contributed by atoms with van der Waals surface area (Å²) in [6, 6.07) is 35.4. The van der Waals surface area contributed by atoms with Crippen LogP contribution in [0, 0.1) is 41.3 Å². The molecule has 0 radical (unpaired) electrons. The second kappa shape index (κ2) is 21.8. The lowest BCUT2D eigenvalue weighted by Gasteiger charge is -2.31. The molecule has 0 saturated heterocycles. The molecule has 0 aliphatic rings. The third-order valence-electron chi connectivity index (χ3n) is 8.19. The molecular formula is C51H46FN5O4. The van der Waals surface area contributed by atoms with Crippen molar-refractivity contribution >= 4 is 17.8 Å². The monoisotopic (exact) mass is 811 g/mol. The van der Waals surface area contributed by atoms with Crippen molar-refractivity contribution in [2.75, 3.05) is 7.05 Å². The van der Waals surface area contributed by atoms with Gasteiger partial charge in [-0.1, -0.05) is 78.0 Å². The van der Waals surface area contributed by atoms with Gasteiger partial charge in [0.2, 0.25) is 0 Å². The van der Waals surface area contributed by atoms with Crippen molar-refractivity contribution in [3.05, 3.63) is 196 Å². The highest BCUT2D eigenvalue weighted by Crippen LogP contribution is 2.14. The Labute approximate surface area is 357 Å². The number of halogens is 1. The topological polar surface area (TPSA) is 125 Å². The molecule has 0 unspecified atom stereocenters. The SMILES string of the molecule is CC(C)(C)NC(=O)c1ccc(C#Cc2ccccc2)cn1.CN(C(=O)c1ccc(C#Cc2ccccc2)cn1)C(C)(C)C.O=C(O)c1ccc(C#Cc2cccc(F)c2)cn1. The van der Waals surface area contributed by atoms with E-state index in [0.717, 1.165) is 22.3 Å². The first-order chi connectivity index (χ1) is 29.0. The van der Waals surface area contributed by atoms with Crippen LogP contribution in [0.3, 0.4) is 0 Å². The van der Waals surface area contributed by atoms with Crippen LogP contribution in [0.25, 0.3) is 0 Å². The fourth-order valence-electron chi connectivity index (χ4n) is 4.71. The van der Waals surface area contributed by atoms with Crippen LogP contribution >= 0.6 is 0 Å². The molecule has 3 aromatic heterocycles. The van der Waals surface area contributed by atoms with E-state index in [0.29, 0.717) is 22.5 Å². The Kier molecular flexibility index (Phi) is 16.4. The van der Waals surface area contributed by atoms with Gasteiger partial charge < -0.3 is 15.3 Å². The number of aromatic nitrogens is 3. The van der Waals surface area contributed by atoms with Crippen LogP contribution in [0.4, 0.5) is 4.39 Å². The van der Waals surface area contributed by atoms with Crippen LogP contribution in [0.2, 0.25) is 0 Å². The van der Waals surface area contributed by atoms with Gasteiger partial charge in [-0.3, -0.25) is 9.59 Å². The summed E-state index contributed by atoms with van der Waals surface area (Å²) in [6.45, 7) is 11.8. The molecule has 3 aromatic carbocycles. The van der Waals surface area contributed by atoms with Gasteiger partial charge in [0.1, 0.15) is 22.9 Å². The Bertz CT molecular complexity index is 2600. The zero-order valence-electron chi connectivity index (χ0n) is 35.1. The second-order valence-corrected chi connectivity index (χ2v) is 15.3. The maximum Gasteiger partial charge on any atom is 0.354 e. The number of carboxylic acid groups (broad SMARTS) is 1. The molecule has 10 heteroatoms. The lowest BCUT2D eigenvalue weighted by molar-refractivity contribution is 0.0647. The van der Waals surface area contributed by atoms with Crippen molar-refractivity contribution in [2.24, 2.45) is 0 Å². The number of carbonyl (C=O) groups excluding carboxylic acids is 2. The van der Waals surface area contributed by atoms with E-state index in [2.05, 4.69) is 55.8 Å². The van der Waals surface area contributed by atoms with E-state index in [1.807, 2.05) is 108 Å². The Morgan fingerprint density at radius 1 is 0.541 bits per heavy atom. The number of rotatable bonds is 3. The Morgan fingerprint density at radius 3 is 1.34 bits per heavy atom. The Hall–Kier alpha value is -7.87. The highest BCUT2D eigenvalue weighted by Gasteiger charge is 2.24. The molecule has 3 heterocycles.